The van der Waals surface area contributed by atoms with Crippen LogP contribution in [0.2, 0.25) is 0 Å². The molecule has 1 saturated heterocycles. The molecule has 3 N–H and O–H groups in total. The Kier molecular flexibility index (Phi) is 8.97. The SMILES string of the molecule is C=CCn1nnnc1SCC1=C(C(=O)O)N2C(=O)C(NC(=O)/C(=N\OC(C)C)c3csc(NC=O)n3)[C@H]2SC1. The van der Waals surface area contributed by atoms with E-state index in [0.717, 1.165) is 11.3 Å². The normalized spacial score (nSPS) is 18.9. The lowest BCUT2D eigenvalue weighted by molar-refractivity contribution is -0.150. The Morgan fingerprint density at radius 3 is 2.92 bits per heavy atom. The molecule has 0 aliphatic carbocycles. The number of hydrogen-bond acceptors (Lipinski definition) is 13. The summed E-state index contributed by atoms with van der Waals surface area (Å²) in [7, 11) is 0. The van der Waals surface area contributed by atoms with Crippen LogP contribution in [0.4, 0.5) is 5.13 Å². The van der Waals surface area contributed by atoms with Crippen molar-refractivity contribution in [1.29, 1.82) is 0 Å². The van der Waals surface area contributed by atoms with Gasteiger partial charge >= 0.3 is 5.97 Å². The molecule has 2 aliphatic rings. The highest BCUT2D eigenvalue weighted by molar-refractivity contribution is 8.01. The van der Waals surface area contributed by atoms with Crippen LogP contribution in [0.1, 0.15) is 19.5 Å². The second kappa shape index (κ2) is 12.4. The molecular formula is C21H23N9O6S3. The van der Waals surface area contributed by atoms with Crippen LogP contribution in [-0.2, 0) is 30.6 Å². The van der Waals surface area contributed by atoms with E-state index in [-0.39, 0.29) is 34.1 Å². The Morgan fingerprint density at radius 2 is 2.23 bits per heavy atom. The number of carboxylic acids is 1. The summed E-state index contributed by atoms with van der Waals surface area (Å²) in [5.74, 6) is -1.96. The van der Waals surface area contributed by atoms with Gasteiger partial charge in [0.1, 0.15) is 28.9 Å². The number of hydrogen-bond donors (Lipinski definition) is 3. The quantitative estimate of drug-likeness (QED) is 0.0730. The standard InChI is InChI=1S/C21H23N9O6S3/c1-4-5-29-21(25-27-28-29)39-7-11-6-37-18-14(17(33)30(18)15(11)19(34)35)24-16(32)13(26-36-10(2)3)12-8-38-20(23-12)22-9-31/h4,8-10,14,18H,1,5-7H2,2-3H3,(H,24,32)(H,34,35)(H,22,23,31)/b26-13-/t14?,18-/m1/s1. The van der Waals surface area contributed by atoms with E-state index in [1.165, 1.54) is 38.5 Å². The molecule has 0 bridgehead atoms. The van der Waals surface area contributed by atoms with Gasteiger partial charge in [0.05, 0.1) is 6.54 Å². The zero-order valence-electron chi connectivity index (χ0n) is 20.6. The number of nitrogens with zero attached hydrogens (tertiary/aromatic N) is 7. The van der Waals surface area contributed by atoms with Gasteiger partial charge in [-0.05, 0) is 29.8 Å². The highest BCUT2D eigenvalue weighted by Gasteiger charge is 2.54. The number of rotatable bonds is 13. The zero-order valence-corrected chi connectivity index (χ0v) is 23.1. The fraction of sp³-hybridized carbons (Fsp3) is 0.381. The molecule has 0 spiro atoms. The molecule has 2 aromatic heterocycles. The van der Waals surface area contributed by atoms with Gasteiger partial charge in [-0.15, -0.1) is 34.8 Å². The maximum absolute atomic E-state index is 13.2. The molecular weight excluding hydrogens is 570 g/mol. The van der Waals surface area contributed by atoms with E-state index in [1.807, 2.05) is 0 Å². The molecule has 1 fully saturated rings. The molecule has 4 heterocycles. The average Bonchev–Trinajstić information content (AvgIpc) is 3.55. The number of carbonyl (C=O) groups is 4. The number of thiazole rings is 1. The summed E-state index contributed by atoms with van der Waals surface area (Å²) in [5.41, 5.74) is 0.372. The minimum atomic E-state index is -1.25. The third kappa shape index (κ3) is 6.12. The smallest absolute Gasteiger partial charge is 0.352 e. The number of carboxylic acid groups (broad SMARTS) is 1. The maximum Gasteiger partial charge on any atom is 0.352 e. The number of nitrogens with one attached hydrogen (secondary N) is 2. The minimum Gasteiger partial charge on any atom is -0.477 e. The van der Waals surface area contributed by atoms with Crippen LogP contribution in [0.25, 0.3) is 0 Å². The van der Waals surface area contributed by atoms with Gasteiger partial charge in [0.15, 0.2) is 10.8 Å². The second-order valence-electron chi connectivity index (χ2n) is 8.23. The number of aliphatic carboxylic acids is 1. The maximum atomic E-state index is 13.2. The van der Waals surface area contributed by atoms with E-state index in [4.69, 9.17) is 4.84 Å². The third-order valence-electron chi connectivity index (χ3n) is 5.21. The van der Waals surface area contributed by atoms with E-state index >= 15 is 0 Å². The molecule has 0 radical (unpaired) electrons. The molecule has 15 nitrogen and oxygen atoms in total. The molecule has 39 heavy (non-hydrogen) atoms. The molecule has 0 aromatic carbocycles. The zero-order chi connectivity index (χ0) is 28.1. The molecule has 4 rings (SSSR count). The lowest BCUT2D eigenvalue weighted by Gasteiger charge is -2.49. The Bertz CT molecular complexity index is 1350. The number of tetrazole rings is 1. The van der Waals surface area contributed by atoms with E-state index in [0.29, 0.717) is 29.4 Å². The lowest BCUT2D eigenvalue weighted by atomic mass is 10.0. The predicted octanol–water partition coefficient (Wildman–Crippen LogP) is 0.544. The molecule has 0 saturated carbocycles. The summed E-state index contributed by atoms with van der Waals surface area (Å²) in [4.78, 5) is 59.7. The molecule has 2 atom stereocenters. The van der Waals surface area contributed by atoms with Crippen LogP contribution in [0.5, 0.6) is 0 Å². The Hall–Kier alpha value is -3.77. The van der Waals surface area contributed by atoms with Crippen LogP contribution in [0, 0.1) is 0 Å². The van der Waals surface area contributed by atoms with Gasteiger partial charge in [0.25, 0.3) is 11.8 Å². The molecule has 2 aromatic rings. The van der Waals surface area contributed by atoms with Crippen molar-refractivity contribution in [2.24, 2.45) is 5.16 Å². The first-order chi connectivity index (χ1) is 18.7. The van der Waals surface area contributed by atoms with Gasteiger partial charge < -0.3 is 20.6 Å². The van der Waals surface area contributed by atoms with Crippen molar-refractivity contribution < 1.29 is 29.1 Å². The number of fused-ring (bicyclic) bond motifs is 1. The summed E-state index contributed by atoms with van der Waals surface area (Å²) in [6, 6.07) is -0.985. The van der Waals surface area contributed by atoms with Gasteiger partial charge in [0.2, 0.25) is 11.6 Å². The molecule has 206 valence electrons. The number of allylic oxidation sites excluding steroid dienone is 1. The van der Waals surface area contributed by atoms with Crippen LogP contribution < -0.4 is 10.6 Å². The number of anilines is 1. The van der Waals surface area contributed by atoms with Gasteiger partial charge in [-0.25, -0.2) is 14.5 Å². The summed E-state index contributed by atoms with van der Waals surface area (Å²) in [6.07, 6.45) is 1.75. The van der Waals surface area contributed by atoms with E-state index < -0.39 is 29.2 Å². The molecule has 3 amide bonds. The number of carbonyl (C=O) groups excluding carboxylic acids is 3. The second-order valence-corrected chi connectivity index (χ2v) is 11.1. The number of aromatic nitrogens is 5. The summed E-state index contributed by atoms with van der Waals surface area (Å²) in [5, 5.41) is 31.9. The fourth-order valence-corrected chi connectivity index (χ4v) is 6.58. The van der Waals surface area contributed by atoms with Crippen molar-refractivity contribution in [1.82, 2.24) is 35.4 Å². The van der Waals surface area contributed by atoms with Crippen molar-refractivity contribution in [2.75, 3.05) is 16.8 Å². The minimum absolute atomic E-state index is 0.120. The van der Waals surface area contributed by atoms with E-state index in [2.05, 4.69) is 42.9 Å². The first-order valence-electron chi connectivity index (χ1n) is 11.4. The van der Waals surface area contributed by atoms with Crippen molar-refractivity contribution in [3.05, 3.63) is 35.0 Å². The van der Waals surface area contributed by atoms with Crippen molar-refractivity contribution in [3.63, 3.8) is 0 Å². The van der Waals surface area contributed by atoms with E-state index in [1.54, 1.807) is 19.9 Å². The Balaban J connectivity index is 1.49. The predicted molar refractivity (Wildman–Crippen MR) is 143 cm³/mol. The first-order valence-corrected chi connectivity index (χ1v) is 14.3. The van der Waals surface area contributed by atoms with Crippen LogP contribution in [0.3, 0.4) is 0 Å². The highest BCUT2D eigenvalue weighted by Crippen LogP contribution is 2.41. The van der Waals surface area contributed by atoms with Crippen molar-refractivity contribution in [2.45, 2.75) is 43.1 Å². The largest absolute Gasteiger partial charge is 0.477 e. The Labute approximate surface area is 234 Å². The number of amides is 3. The van der Waals surface area contributed by atoms with Gasteiger partial charge in [-0.2, -0.15) is 0 Å². The van der Waals surface area contributed by atoms with Crippen molar-refractivity contribution >= 4 is 69.9 Å². The summed E-state index contributed by atoms with van der Waals surface area (Å²) < 4.78 is 1.53. The average molecular weight is 594 g/mol. The van der Waals surface area contributed by atoms with Gasteiger partial charge in [-0.3, -0.25) is 19.3 Å². The topological polar surface area (TPSA) is 194 Å². The van der Waals surface area contributed by atoms with E-state index in [9.17, 15) is 24.3 Å². The monoisotopic (exact) mass is 593 g/mol. The summed E-state index contributed by atoms with van der Waals surface area (Å²) in [6.45, 7) is 7.50. The van der Waals surface area contributed by atoms with Gasteiger partial charge in [-0.1, -0.05) is 23.0 Å². The van der Waals surface area contributed by atoms with Crippen LogP contribution in [0.15, 0.2) is 39.6 Å². The Morgan fingerprint density at radius 1 is 1.44 bits per heavy atom. The molecule has 2 aliphatic heterocycles. The number of thioether (sulfide) groups is 2. The van der Waals surface area contributed by atoms with Crippen LogP contribution >= 0.6 is 34.9 Å². The number of oxime groups is 1. The number of β-lactam (4-membered cyclic amide) rings is 1. The summed E-state index contributed by atoms with van der Waals surface area (Å²) >= 11 is 3.66. The first kappa shape index (κ1) is 28.2. The highest BCUT2D eigenvalue weighted by atomic mass is 32.2. The van der Waals surface area contributed by atoms with Crippen molar-refractivity contribution in [3.8, 4) is 0 Å². The lowest BCUT2D eigenvalue weighted by Crippen LogP contribution is -2.71. The molecule has 1 unspecified atom stereocenters. The van der Waals surface area contributed by atoms with Gasteiger partial charge in [0, 0.05) is 16.9 Å². The molecule has 18 heteroatoms. The fourth-order valence-electron chi connectivity index (χ4n) is 3.55. The van der Waals surface area contributed by atoms with Crippen LogP contribution in [-0.4, -0.2) is 94.1 Å². The third-order valence-corrected chi connectivity index (χ3v) is 8.37.